The first-order valence-corrected chi connectivity index (χ1v) is 7.18. The Labute approximate surface area is 118 Å². The van der Waals surface area contributed by atoms with E-state index >= 15 is 0 Å². The van der Waals surface area contributed by atoms with E-state index in [1.165, 1.54) is 18.4 Å². The molecule has 0 amide bonds. The van der Waals surface area contributed by atoms with E-state index in [1.54, 1.807) is 6.20 Å². The zero-order chi connectivity index (χ0) is 13.8. The lowest BCUT2D eigenvalue weighted by atomic mass is 9.96. The maximum atomic E-state index is 5.79. The number of fused-ring (bicyclic) bond motifs is 1. The molecule has 0 bridgehead atoms. The second kappa shape index (κ2) is 5.90. The van der Waals surface area contributed by atoms with Gasteiger partial charge in [-0.25, -0.2) is 9.97 Å². The fourth-order valence-corrected chi connectivity index (χ4v) is 2.65. The van der Waals surface area contributed by atoms with Gasteiger partial charge < -0.3 is 15.6 Å². The van der Waals surface area contributed by atoms with Gasteiger partial charge in [0, 0.05) is 31.0 Å². The second-order valence-electron chi connectivity index (χ2n) is 5.14. The van der Waals surface area contributed by atoms with Crippen LogP contribution in [-0.4, -0.2) is 26.1 Å². The average Bonchev–Trinajstić information content (AvgIpc) is 2.96. The van der Waals surface area contributed by atoms with Crippen molar-refractivity contribution in [2.75, 3.05) is 17.6 Å². The minimum Gasteiger partial charge on any atom is -0.370 e. The molecule has 3 N–H and O–H groups in total. The summed E-state index contributed by atoms with van der Waals surface area (Å²) < 4.78 is 2.07. The quantitative estimate of drug-likeness (QED) is 0.809. The predicted octanol–water partition coefficient (Wildman–Crippen LogP) is 1.64. The summed E-state index contributed by atoms with van der Waals surface area (Å²) >= 11 is 0. The molecular weight excluding hydrogens is 252 g/mol. The summed E-state index contributed by atoms with van der Waals surface area (Å²) in [7, 11) is 0. The Kier molecular flexibility index (Phi) is 3.80. The van der Waals surface area contributed by atoms with Crippen molar-refractivity contribution in [3.8, 4) is 0 Å². The molecule has 6 heteroatoms. The number of rotatable bonds is 5. The maximum Gasteiger partial charge on any atom is 0.222 e. The fraction of sp³-hybridized carbons (Fsp3) is 0.500. The number of aromatic nitrogens is 4. The average molecular weight is 272 g/mol. The number of anilines is 2. The highest BCUT2D eigenvalue weighted by atomic mass is 15.1. The standard InChI is InChI=1S/C14H20N6/c15-14-18-12-5-2-1-4-11(12)13(19-14)17-6-3-8-20-9-7-16-10-20/h7,9-10H,1-6,8H2,(H3,15,17,18,19). The molecule has 0 fully saturated rings. The molecule has 0 aromatic carbocycles. The van der Waals surface area contributed by atoms with E-state index in [1.807, 2.05) is 12.5 Å². The predicted molar refractivity (Wildman–Crippen MR) is 78.4 cm³/mol. The van der Waals surface area contributed by atoms with Gasteiger partial charge in [-0.2, -0.15) is 4.98 Å². The van der Waals surface area contributed by atoms with E-state index in [0.717, 1.165) is 43.9 Å². The van der Waals surface area contributed by atoms with Gasteiger partial charge in [0.2, 0.25) is 5.95 Å². The number of nitrogens with two attached hydrogens (primary N) is 1. The third-order valence-corrected chi connectivity index (χ3v) is 3.65. The van der Waals surface area contributed by atoms with Gasteiger partial charge >= 0.3 is 0 Å². The van der Waals surface area contributed by atoms with Crippen LogP contribution in [0.2, 0.25) is 0 Å². The van der Waals surface area contributed by atoms with Gasteiger partial charge in [-0.15, -0.1) is 0 Å². The molecule has 0 unspecified atom stereocenters. The largest absolute Gasteiger partial charge is 0.370 e. The van der Waals surface area contributed by atoms with Crippen molar-refractivity contribution in [1.29, 1.82) is 0 Å². The Hall–Kier alpha value is -2.11. The van der Waals surface area contributed by atoms with Crippen molar-refractivity contribution < 1.29 is 0 Å². The molecule has 6 nitrogen and oxygen atoms in total. The van der Waals surface area contributed by atoms with Crippen LogP contribution in [0.25, 0.3) is 0 Å². The molecule has 3 rings (SSSR count). The molecule has 0 saturated heterocycles. The Morgan fingerprint density at radius 3 is 3.00 bits per heavy atom. The highest BCUT2D eigenvalue weighted by molar-refractivity contribution is 5.50. The summed E-state index contributed by atoms with van der Waals surface area (Å²) in [5, 5.41) is 3.41. The van der Waals surface area contributed by atoms with Crippen LogP contribution in [0.15, 0.2) is 18.7 Å². The van der Waals surface area contributed by atoms with E-state index in [0.29, 0.717) is 5.95 Å². The van der Waals surface area contributed by atoms with Gasteiger partial charge in [0.15, 0.2) is 0 Å². The van der Waals surface area contributed by atoms with Crippen LogP contribution in [0, 0.1) is 0 Å². The summed E-state index contributed by atoms with van der Waals surface area (Å²) in [6.07, 6.45) is 11.1. The number of aryl methyl sites for hydroxylation is 2. The molecule has 0 spiro atoms. The van der Waals surface area contributed by atoms with E-state index in [2.05, 4.69) is 24.8 Å². The number of imidazole rings is 1. The van der Waals surface area contributed by atoms with E-state index in [-0.39, 0.29) is 0 Å². The molecule has 1 aliphatic carbocycles. The van der Waals surface area contributed by atoms with Gasteiger partial charge in [0.05, 0.1) is 12.0 Å². The summed E-state index contributed by atoms with van der Waals surface area (Å²) in [6, 6.07) is 0. The van der Waals surface area contributed by atoms with Crippen molar-refractivity contribution in [2.24, 2.45) is 0 Å². The monoisotopic (exact) mass is 272 g/mol. The lowest BCUT2D eigenvalue weighted by Crippen LogP contribution is -2.15. The third kappa shape index (κ3) is 2.89. The van der Waals surface area contributed by atoms with Gasteiger partial charge in [-0.05, 0) is 32.1 Å². The van der Waals surface area contributed by atoms with Crippen LogP contribution in [0.5, 0.6) is 0 Å². The summed E-state index contributed by atoms with van der Waals surface area (Å²) in [5.41, 5.74) is 8.17. The Bertz CT molecular complexity index is 563. The van der Waals surface area contributed by atoms with Crippen LogP contribution in [0.3, 0.4) is 0 Å². The normalized spacial score (nSPS) is 14.0. The van der Waals surface area contributed by atoms with Crippen LogP contribution >= 0.6 is 0 Å². The van der Waals surface area contributed by atoms with Crippen molar-refractivity contribution in [1.82, 2.24) is 19.5 Å². The molecule has 0 atom stereocenters. The lowest BCUT2D eigenvalue weighted by Gasteiger charge is -2.19. The molecular formula is C14H20N6. The molecule has 2 heterocycles. The van der Waals surface area contributed by atoms with Crippen LogP contribution in [0.1, 0.15) is 30.5 Å². The molecule has 0 radical (unpaired) electrons. The first-order valence-electron chi connectivity index (χ1n) is 7.18. The SMILES string of the molecule is Nc1nc2c(c(NCCCn3ccnc3)n1)CCCC2. The third-order valence-electron chi connectivity index (χ3n) is 3.65. The minimum absolute atomic E-state index is 0.378. The van der Waals surface area contributed by atoms with E-state index < -0.39 is 0 Å². The number of hydrogen-bond acceptors (Lipinski definition) is 5. The van der Waals surface area contributed by atoms with Crippen LogP contribution in [-0.2, 0) is 19.4 Å². The van der Waals surface area contributed by atoms with Crippen LogP contribution < -0.4 is 11.1 Å². The topological polar surface area (TPSA) is 81.6 Å². The van der Waals surface area contributed by atoms with Gasteiger partial charge in [0.1, 0.15) is 5.82 Å². The smallest absolute Gasteiger partial charge is 0.222 e. The zero-order valence-electron chi connectivity index (χ0n) is 11.5. The summed E-state index contributed by atoms with van der Waals surface area (Å²) in [6.45, 7) is 1.83. The molecule has 2 aromatic heterocycles. The minimum atomic E-state index is 0.378. The first kappa shape index (κ1) is 12.9. The summed E-state index contributed by atoms with van der Waals surface area (Å²) in [5.74, 6) is 1.31. The van der Waals surface area contributed by atoms with Gasteiger partial charge in [0.25, 0.3) is 0 Å². The maximum absolute atomic E-state index is 5.79. The first-order chi connectivity index (χ1) is 9.83. The molecule has 20 heavy (non-hydrogen) atoms. The number of nitrogen functional groups attached to an aromatic ring is 1. The Morgan fingerprint density at radius 2 is 2.15 bits per heavy atom. The fourth-order valence-electron chi connectivity index (χ4n) is 2.65. The molecule has 2 aromatic rings. The molecule has 0 aliphatic heterocycles. The van der Waals surface area contributed by atoms with Crippen molar-refractivity contribution in [2.45, 2.75) is 38.6 Å². The number of nitrogens with zero attached hydrogens (tertiary/aromatic N) is 4. The molecule has 1 aliphatic rings. The van der Waals surface area contributed by atoms with Crippen molar-refractivity contribution >= 4 is 11.8 Å². The number of nitrogens with one attached hydrogen (secondary N) is 1. The van der Waals surface area contributed by atoms with Crippen molar-refractivity contribution in [3.63, 3.8) is 0 Å². The Morgan fingerprint density at radius 1 is 1.25 bits per heavy atom. The molecule has 106 valence electrons. The van der Waals surface area contributed by atoms with Gasteiger partial charge in [-0.1, -0.05) is 0 Å². The summed E-state index contributed by atoms with van der Waals surface area (Å²) in [4.78, 5) is 12.7. The van der Waals surface area contributed by atoms with Gasteiger partial charge in [-0.3, -0.25) is 0 Å². The van der Waals surface area contributed by atoms with Crippen molar-refractivity contribution in [3.05, 3.63) is 30.0 Å². The van der Waals surface area contributed by atoms with E-state index in [4.69, 9.17) is 5.73 Å². The number of hydrogen-bond donors (Lipinski definition) is 2. The highest BCUT2D eigenvalue weighted by Crippen LogP contribution is 2.25. The van der Waals surface area contributed by atoms with E-state index in [9.17, 15) is 0 Å². The lowest BCUT2D eigenvalue weighted by molar-refractivity contribution is 0.651. The second-order valence-corrected chi connectivity index (χ2v) is 5.14. The Balaban J connectivity index is 1.60. The zero-order valence-corrected chi connectivity index (χ0v) is 11.5. The highest BCUT2D eigenvalue weighted by Gasteiger charge is 2.16. The molecule has 0 saturated carbocycles. The van der Waals surface area contributed by atoms with Crippen LogP contribution in [0.4, 0.5) is 11.8 Å².